The second kappa shape index (κ2) is 7.46. The maximum absolute atomic E-state index is 12.9. The van der Waals surface area contributed by atoms with Gasteiger partial charge in [-0.2, -0.15) is 0 Å². The number of hydrogen-bond donors (Lipinski definition) is 1. The summed E-state index contributed by atoms with van der Waals surface area (Å²) in [5.74, 6) is -0.510. The predicted molar refractivity (Wildman–Crippen MR) is 103 cm³/mol. The fraction of sp³-hybridized carbons (Fsp3) is 0.400. The Bertz CT molecular complexity index is 842. The van der Waals surface area contributed by atoms with E-state index in [2.05, 4.69) is 10.3 Å². The summed E-state index contributed by atoms with van der Waals surface area (Å²) >= 11 is 6.18. The van der Waals surface area contributed by atoms with E-state index >= 15 is 0 Å². The summed E-state index contributed by atoms with van der Waals surface area (Å²) in [6, 6.07) is 7.57. The Morgan fingerprint density at radius 2 is 1.89 bits per heavy atom. The number of aromatic nitrogens is 1. The van der Waals surface area contributed by atoms with E-state index in [0.29, 0.717) is 49.7 Å². The molecule has 1 aromatic carbocycles. The van der Waals surface area contributed by atoms with Crippen molar-refractivity contribution < 1.29 is 14.3 Å². The van der Waals surface area contributed by atoms with Crippen molar-refractivity contribution >= 4 is 28.9 Å². The molecule has 0 radical (unpaired) electrons. The van der Waals surface area contributed by atoms with Gasteiger partial charge < -0.3 is 19.7 Å². The van der Waals surface area contributed by atoms with Crippen LogP contribution in [0.4, 0.5) is 11.4 Å². The van der Waals surface area contributed by atoms with Gasteiger partial charge in [-0.15, -0.1) is 0 Å². The number of nitrogens with zero attached hydrogens (tertiary/aromatic N) is 2. The molecule has 2 aliphatic heterocycles. The number of benzene rings is 1. The molecule has 0 unspecified atom stereocenters. The van der Waals surface area contributed by atoms with E-state index in [1.165, 1.54) is 0 Å². The van der Waals surface area contributed by atoms with Crippen LogP contribution in [0.15, 0.2) is 36.7 Å². The van der Waals surface area contributed by atoms with E-state index in [9.17, 15) is 4.79 Å². The van der Waals surface area contributed by atoms with Crippen molar-refractivity contribution in [2.75, 3.05) is 31.6 Å². The van der Waals surface area contributed by atoms with Crippen LogP contribution in [0, 0.1) is 6.92 Å². The molecule has 4 rings (SSSR count). The average molecular weight is 388 g/mol. The van der Waals surface area contributed by atoms with Gasteiger partial charge in [0.1, 0.15) is 0 Å². The maximum Gasteiger partial charge on any atom is 0.255 e. The van der Waals surface area contributed by atoms with Gasteiger partial charge in [0.05, 0.1) is 30.7 Å². The number of ether oxygens (including phenoxy) is 2. The molecule has 7 heteroatoms. The Morgan fingerprint density at radius 3 is 2.59 bits per heavy atom. The van der Waals surface area contributed by atoms with Gasteiger partial charge in [-0.25, -0.2) is 0 Å². The average Bonchev–Trinajstić information content (AvgIpc) is 3.13. The number of carbonyl (C=O) groups excluding carboxylic acids is 1. The van der Waals surface area contributed by atoms with Crippen molar-refractivity contribution in [3.05, 3.63) is 52.8 Å². The van der Waals surface area contributed by atoms with Gasteiger partial charge in [0.2, 0.25) is 0 Å². The first-order valence-corrected chi connectivity index (χ1v) is 9.48. The molecule has 3 heterocycles. The zero-order chi connectivity index (χ0) is 18.9. The molecule has 0 aliphatic carbocycles. The number of likely N-dealkylation sites (tertiary alicyclic amines) is 1. The van der Waals surface area contributed by atoms with Gasteiger partial charge in [-0.1, -0.05) is 17.7 Å². The molecule has 142 valence electrons. The van der Waals surface area contributed by atoms with E-state index in [4.69, 9.17) is 21.1 Å². The quantitative estimate of drug-likeness (QED) is 0.868. The lowest BCUT2D eigenvalue weighted by Crippen LogP contribution is -2.47. The van der Waals surface area contributed by atoms with Crippen LogP contribution < -0.4 is 5.32 Å². The monoisotopic (exact) mass is 387 g/mol. The van der Waals surface area contributed by atoms with Crippen molar-refractivity contribution in [3.8, 4) is 0 Å². The number of carbonyl (C=O) groups is 1. The molecule has 27 heavy (non-hydrogen) atoms. The predicted octanol–water partition coefficient (Wildman–Crippen LogP) is 3.77. The van der Waals surface area contributed by atoms with Gasteiger partial charge in [-0.3, -0.25) is 9.78 Å². The summed E-state index contributed by atoms with van der Waals surface area (Å²) in [7, 11) is 0. The van der Waals surface area contributed by atoms with Crippen molar-refractivity contribution in [2.45, 2.75) is 25.6 Å². The molecule has 6 nitrogen and oxygen atoms in total. The van der Waals surface area contributed by atoms with Gasteiger partial charge in [0, 0.05) is 42.8 Å². The Balaban J connectivity index is 1.44. The van der Waals surface area contributed by atoms with Crippen LogP contribution in [-0.2, 0) is 9.47 Å². The molecular formula is C20H22ClN3O3. The highest BCUT2D eigenvalue weighted by Crippen LogP contribution is 2.32. The van der Waals surface area contributed by atoms with Crippen LogP contribution in [0.3, 0.4) is 0 Å². The lowest BCUT2D eigenvalue weighted by molar-refractivity contribution is -0.181. The summed E-state index contributed by atoms with van der Waals surface area (Å²) in [4.78, 5) is 18.9. The van der Waals surface area contributed by atoms with E-state index in [1.807, 2.05) is 36.1 Å². The number of hydrogen-bond acceptors (Lipinski definition) is 5. The molecule has 0 atom stereocenters. The molecular weight excluding hydrogens is 366 g/mol. The first-order chi connectivity index (χ1) is 13.0. The third-order valence-corrected chi connectivity index (χ3v) is 5.48. The van der Waals surface area contributed by atoms with Crippen LogP contribution in [-0.4, -0.2) is 47.9 Å². The van der Waals surface area contributed by atoms with E-state index in [0.717, 1.165) is 16.9 Å². The zero-order valence-corrected chi connectivity index (χ0v) is 16.0. The number of amides is 1. The van der Waals surface area contributed by atoms with Gasteiger partial charge in [-0.05, 0) is 30.7 Å². The molecule has 1 aromatic heterocycles. The number of piperidine rings is 1. The number of nitrogens with one attached hydrogen (secondary N) is 1. The third-order valence-electron chi connectivity index (χ3n) is 5.07. The summed E-state index contributed by atoms with van der Waals surface area (Å²) in [5.41, 5.74) is 3.17. The van der Waals surface area contributed by atoms with Crippen molar-refractivity contribution in [3.63, 3.8) is 0 Å². The lowest BCUT2D eigenvalue weighted by atomic mass is 10.0. The number of pyridine rings is 1. The Morgan fingerprint density at radius 1 is 1.15 bits per heavy atom. The second-order valence-corrected chi connectivity index (χ2v) is 7.36. The highest BCUT2D eigenvalue weighted by Gasteiger charge is 2.40. The fourth-order valence-electron chi connectivity index (χ4n) is 3.48. The van der Waals surface area contributed by atoms with Gasteiger partial charge in [0.15, 0.2) is 5.79 Å². The molecule has 2 saturated heterocycles. The molecule has 1 amide bonds. The van der Waals surface area contributed by atoms with Gasteiger partial charge >= 0.3 is 0 Å². The lowest BCUT2D eigenvalue weighted by Gasteiger charge is -2.37. The Labute approximate surface area is 163 Å². The molecule has 2 aliphatic rings. The third kappa shape index (κ3) is 3.93. The summed E-state index contributed by atoms with van der Waals surface area (Å²) in [6.45, 7) is 4.45. The first-order valence-electron chi connectivity index (χ1n) is 9.10. The van der Waals surface area contributed by atoms with Crippen molar-refractivity contribution in [1.82, 2.24) is 9.88 Å². The smallest absolute Gasteiger partial charge is 0.255 e. The largest absolute Gasteiger partial charge is 0.354 e. The van der Waals surface area contributed by atoms with E-state index in [-0.39, 0.29) is 5.91 Å². The van der Waals surface area contributed by atoms with Crippen molar-refractivity contribution in [2.24, 2.45) is 0 Å². The van der Waals surface area contributed by atoms with E-state index in [1.54, 1.807) is 12.4 Å². The zero-order valence-electron chi connectivity index (χ0n) is 15.2. The summed E-state index contributed by atoms with van der Waals surface area (Å²) in [6.07, 6.45) is 4.69. The Hall–Kier alpha value is -2.15. The van der Waals surface area contributed by atoms with Crippen LogP contribution in [0.5, 0.6) is 0 Å². The topological polar surface area (TPSA) is 63.7 Å². The highest BCUT2D eigenvalue weighted by molar-refractivity contribution is 6.31. The Kier molecular flexibility index (Phi) is 5.04. The molecule has 2 fully saturated rings. The summed E-state index contributed by atoms with van der Waals surface area (Å²) in [5, 5.41) is 3.95. The normalized spacial score (nSPS) is 18.7. The minimum absolute atomic E-state index is 0.0269. The SMILES string of the molecule is Cc1ccc(Nc2cncc(C(=O)N3CCC4(CC3)OCCO4)c2)cc1Cl. The molecule has 0 saturated carbocycles. The van der Waals surface area contributed by atoms with Gasteiger partial charge in [0.25, 0.3) is 5.91 Å². The molecule has 1 spiro atoms. The first kappa shape index (κ1) is 18.2. The maximum atomic E-state index is 12.9. The van der Waals surface area contributed by atoms with Crippen LogP contribution in [0.2, 0.25) is 5.02 Å². The standard InChI is InChI=1S/C20H22ClN3O3/c1-14-2-3-16(11-18(14)21)23-17-10-15(12-22-13-17)19(25)24-6-4-20(5-7-24)26-8-9-27-20/h2-3,10-13,23H,4-9H2,1H3. The van der Waals surface area contributed by atoms with Crippen molar-refractivity contribution in [1.29, 1.82) is 0 Å². The molecule has 0 bridgehead atoms. The second-order valence-electron chi connectivity index (χ2n) is 6.95. The molecule has 2 aromatic rings. The van der Waals surface area contributed by atoms with Crippen LogP contribution in [0.25, 0.3) is 0 Å². The highest BCUT2D eigenvalue weighted by atomic mass is 35.5. The van der Waals surface area contributed by atoms with Crippen LogP contribution >= 0.6 is 11.6 Å². The minimum atomic E-state index is -0.483. The number of halogens is 1. The number of aryl methyl sites for hydroxylation is 1. The number of anilines is 2. The minimum Gasteiger partial charge on any atom is -0.354 e. The summed E-state index contributed by atoms with van der Waals surface area (Å²) < 4.78 is 11.5. The van der Waals surface area contributed by atoms with Crippen LogP contribution in [0.1, 0.15) is 28.8 Å². The number of rotatable bonds is 3. The fourth-order valence-corrected chi connectivity index (χ4v) is 3.66. The molecule has 1 N–H and O–H groups in total. The van der Waals surface area contributed by atoms with E-state index < -0.39 is 5.79 Å².